The number of carbonyl (C=O) groups is 2. The number of rotatable bonds is 3. The van der Waals surface area contributed by atoms with Gasteiger partial charge in [-0.1, -0.05) is 34.1 Å². The quantitative estimate of drug-likeness (QED) is 0.743. The van der Waals surface area contributed by atoms with E-state index in [1.807, 2.05) is 37.3 Å². The van der Waals surface area contributed by atoms with Gasteiger partial charge in [-0.15, -0.1) is 0 Å². The molecule has 0 fully saturated rings. The van der Waals surface area contributed by atoms with Crippen LogP contribution in [0.25, 0.3) is 0 Å². The Bertz CT molecular complexity index is 994. The van der Waals surface area contributed by atoms with E-state index in [1.165, 1.54) is 0 Å². The molecule has 0 spiro atoms. The molecule has 142 valence electrons. The predicted molar refractivity (Wildman–Crippen MR) is 111 cm³/mol. The van der Waals surface area contributed by atoms with Crippen molar-refractivity contribution >= 4 is 33.4 Å². The summed E-state index contributed by atoms with van der Waals surface area (Å²) in [5.41, 5.74) is 3.91. The highest BCUT2D eigenvalue weighted by Crippen LogP contribution is 2.42. The van der Waals surface area contributed by atoms with Crippen LogP contribution in [0.15, 0.2) is 75.7 Å². The zero-order chi connectivity index (χ0) is 19.7. The van der Waals surface area contributed by atoms with Crippen molar-refractivity contribution in [3.8, 4) is 0 Å². The van der Waals surface area contributed by atoms with Crippen molar-refractivity contribution in [1.82, 2.24) is 10.3 Å². The highest BCUT2D eigenvalue weighted by Gasteiger charge is 2.38. The molecule has 1 amide bonds. The highest BCUT2D eigenvalue weighted by molar-refractivity contribution is 9.10. The molecule has 1 aromatic carbocycles. The van der Waals surface area contributed by atoms with Crippen LogP contribution in [0.1, 0.15) is 37.7 Å². The van der Waals surface area contributed by atoms with Crippen LogP contribution in [0.3, 0.4) is 0 Å². The molecular weight excluding hydrogens is 418 g/mol. The summed E-state index contributed by atoms with van der Waals surface area (Å²) in [7, 11) is 0. The second-order valence-corrected chi connectivity index (χ2v) is 7.90. The Morgan fingerprint density at radius 1 is 1.18 bits per heavy atom. The van der Waals surface area contributed by atoms with Gasteiger partial charge in [0.25, 0.3) is 5.91 Å². The molecule has 0 saturated carbocycles. The topological polar surface area (TPSA) is 71.1 Å². The van der Waals surface area contributed by atoms with Gasteiger partial charge in [0, 0.05) is 45.5 Å². The minimum Gasteiger partial charge on any atom is -0.362 e. The maximum Gasteiger partial charge on any atom is 0.255 e. The lowest BCUT2D eigenvalue weighted by molar-refractivity contribution is -0.116. The summed E-state index contributed by atoms with van der Waals surface area (Å²) >= 11 is 3.46. The summed E-state index contributed by atoms with van der Waals surface area (Å²) in [6, 6.07) is 13.2. The molecule has 1 atom stereocenters. The van der Waals surface area contributed by atoms with Crippen LogP contribution in [-0.4, -0.2) is 16.7 Å². The number of aromatic nitrogens is 1. The standard InChI is InChI=1S/C22H20BrN3O2/c1-13-19(22(28)26-18-7-2-3-12-24-18)20(14-8-10-15(23)11-9-14)21-16(25-13)5-4-6-17(21)27/h2-3,7-12,20,25H,4-6H2,1H3,(H,24,26,28). The predicted octanol–water partition coefficient (Wildman–Crippen LogP) is 4.45. The van der Waals surface area contributed by atoms with Gasteiger partial charge in [-0.2, -0.15) is 0 Å². The van der Waals surface area contributed by atoms with Crippen molar-refractivity contribution in [2.45, 2.75) is 32.1 Å². The van der Waals surface area contributed by atoms with Gasteiger partial charge in [0.05, 0.1) is 0 Å². The molecule has 6 heteroatoms. The van der Waals surface area contributed by atoms with E-state index in [9.17, 15) is 9.59 Å². The molecule has 2 aliphatic rings. The van der Waals surface area contributed by atoms with Gasteiger partial charge in [0.15, 0.2) is 5.78 Å². The molecule has 1 aliphatic heterocycles. The number of Topliss-reactive ketones (excluding diaryl/α,β-unsaturated/α-hetero) is 1. The smallest absolute Gasteiger partial charge is 0.255 e. The first-order chi connectivity index (χ1) is 13.5. The molecule has 2 N–H and O–H groups in total. The molecule has 0 bridgehead atoms. The average Bonchev–Trinajstić information content (AvgIpc) is 2.68. The van der Waals surface area contributed by atoms with Gasteiger partial charge in [0.2, 0.25) is 0 Å². The second kappa shape index (κ2) is 7.72. The number of anilines is 1. The zero-order valence-corrected chi connectivity index (χ0v) is 17.0. The maximum atomic E-state index is 13.2. The Labute approximate surface area is 172 Å². The Hall–Kier alpha value is -2.73. The summed E-state index contributed by atoms with van der Waals surface area (Å²) in [6.07, 6.45) is 3.80. The van der Waals surface area contributed by atoms with E-state index in [0.717, 1.165) is 34.3 Å². The van der Waals surface area contributed by atoms with Crippen LogP contribution in [-0.2, 0) is 9.59 Å². The van der Waals surface area contributed by atoms with E-state index in [-0.39, 0.29) is 17.6 Å². The number of halogens is 1. The highest BCUT2D eigenvalue weighted by atomic mass is 79.9. The Balaban J connectivity index is 1.79. The third-order valence-electron chi connectivity index (χ3n) is 5.13. The molecule has 0 saturated heterocycles. The third kappa shape index (κ3) is 3.52. The SMILES string of the molecule is CC1=C(C(=O)Nc2ccccn2)C(c2ccc(Br)cc2)C2=C(CCCC2=O)N1. The van der Waals surface area contributed by atoms with E-state index < -0.39 is 0 Å². The van der Waals surface area contributed by atoms with Crippen LogP contribution in [0.5, 0.6) is 0 Å². The summed E-state index contributed by atoms with van der Waals surface area (Å²) in [5.74, 6) is -0.0446. The van der Waals surface area contributed by atoms with E-state index in [1.54, 1.807) is 18.3 Å². The van der Waals surface area contributed by atoms with Gasteiger partial charge in [-0.05, 0) is 49.6 Å². The van der Waals surface area contributed by atoms with Crippen molar-refractivity contribution < 1.29 is 9.59 Å². The molecule has 1 aromatic heterocycles. The molecule has 2 heterocycles. The number of dihydropyridines is 1. The van der Waals surface area contributed by atoms with Crippen LogP contribution in [0.2, 0.25) is 0 Å². The van der Waals surface area contributed by atoms with E-state index >= 15 is 0 Å². The first-order valence-electron chi connectivity index (χ1n) is 9.26. The van der Waals surface area contributed by atoms with Crippen LogP contribution < -0.4 is 10.6 Å². The maximum absolute atomic E-state index is 13.2. The van der Waals surface area contributed by atoms with Gasteiger partial charge >= 0.3 is 0 Å². The number of carbonyl (C=O) groups excluding carboxylic acids is 2. The van der Waals surface area contributed by atoms with Gasteiger partial charge in [-0.3, -0.25) is 9.59 Å². The number of allylic oxidation sites excluding steroid dienone is 3. The minimum absolute atomic E-state index is 0.109. The number of ketones is 1. The second-order valence-electron chi connectivity index (χ2n) is 6.99. The summed E-state index contributed by atoms with van der Waals surface area (Å²) in [6.45, 7) is 1.89. The Kier molecular flexibility index (Phi) is 5.13. The van der Waals surface area contributed by atoms with Crippen molar-refractivity contribution in [3.05, 3.63) is 81.2 Å². The molecular formula is C22H20BrN3O2. The molecule has 4 rings (SSSR count). The molecule has 28 heavy (non-hydrogen) atoms. The molecule has 1 aliphatic carbocycles. The summed E-state index contributed by atoms with van der Waals surface area (Å²) < 4.78 is 0.953. The first-order valence-corrected chi connectivity index (χ1v) is 10.1. The molecule has 1 unspecified atom stereocenters. The molecule has 5 nitrogen and oxygen atoms in total. The van der Waals surface area contributed by atoms with Gasteiger partial charge in [0.1, 0.15) is 5.82 Å². The van der Waals surface area contributed by atoms with E-state index in [2.05, 4.69) is 31.5 Å². The third-order valence-corrected chi connectivity index (χ3v) is 5.66. The monoisotopic (exact) mass is 437 g/mol. The number of nitrogens with zero attached hydrogens (tertiary/aromatic N) is 1. The fourth-order valence-corrected chi connectivity index (χ4v) is 4.16. The van der Waals surface area contributed by atoms with Crippen LogP contribution >= 0.6 is 15.9 Å². The number of pyridine rings is 1. The normalized spacial score (nSPS) is 19.2. The Morgan fingerprint density at radius 3 is 2.68 bits per heavy atom. The van der Waals surface area contributed by atoms with Crippen molar-refractivity contribution in [3.63, 3.8) is 0 Å². The summed E-state index contributed by atoms with van der Waals surface area (Å²) in [5, 5.41) is 6.20. The minimum atomic E-state index is -0.388. The molecule has 2 aromatic rings. The lowest BCUT2D eigenvalue weighted by Gasteiger charge is -2.34. The lowest BCUT2D eigenvalue weighted by Crippen LogP contribution is -2.35. The summed E-state index contributed by atoms with van der Waals surface area (Å²) in [4.78, 5) is 30.2. The fraction of sp³-hybridized carbons (Fsp3) is 0.227. The van der Waals surface area contributed by atoms with Crippen LogP contribution in [0, 0.1) is 0 Å². The van der Waals surface area contributed by atoms with Gasteiger partial charge in [-0.25, -0.2) is 4.98 Å². The van der Waals surface area contributed by atoms with Crippen molar-refractivity contribution in [1.29, 1.82) is 0 Å². The number of nitrogens with one attached hydrogen (secondary N) is 2. The number of amides is 1. The first kappa shape index (κ1) is 18.6. The number of hydrogen-bond donors (Lipinski definition) is 2. The fourth-order valence-electron chi connectivity index (χ4n) is 3.89. The van der Waals surface area contributed by atoms with Crippen LogP contribution in [0.4, 0.5) is 5.82 Å². The van der Waals surface area contributed by atoms with Gasteiger partial charge < -0.3 is 10.6 Å². The average molecular weight is 438 g/mol. The van der Waals surface area contributed by atoms with E-state index in [0.29, 0.717) is 23.4 Å². The lowest BCUT2D eigenvalue weighted by atomic mass is 9.75. The van der Waals surface area contributed by atoms with Crippen molar-refractivity contribution in [2.24, 2.45) is 0 Å². The molecule has 0 radical (unpaired) electrons. The largest absolute Gasteiger partial charge is 0.362 e. The Morgan fingerprint density at radius 2 is 1.96 bits per heavy atom. The number of benzene rings is 1. The zero-order valence-electron chi connectivity index (χ0n) is 15.5. The van der Waals surface area contributed by atoms with Crippen molar-refractivity contribution in [2.75, 3.05) is 5.32 Å². The number of hydrogen-bond acceptors (Lipinski definition) is 4. The van der Waals surface area contributed by atoms with E-state index in [4.69, 9.17) is 0 Å².